The lowest BCUT2D eigenvalue weighted by Crippen LogP contribution is -2.29. The number of aliphatic hydroxyl groups excluding tert-OH is 1. The molecular formula is C15H22N4O. The Morgan fingerprint density at radius 1 is 1.25 bits per heavy atom. The van der Waals surface area contributed by atoms with Gasteiger partial charge in [-0.2, -0.15) is 5.10 Å². The largest absolute Gasteiger partial charge is 0.396 e. The van der Waals surface area contributed by atoms with Crippen LogP contribution in [0.1, 0.15) is 38.3 Å². The molecule has 108 valence electrons. The van der Waals surface area contributed by atoms with Gasteiger partial charge >= 0.3 is 0 Å². The average Bonchev–Trinajstić information content (AvgIpc) is 2.99. The summed E-state index contributed by atoms with van der Waals surface area (Å²) < 4.78 is 1.74. The molecule has 0 fully saturated rings. The molecule has 2 N–H and O–H groups in total. The van der Waals surface area contributed by atoms with Crippen LogP contribution in [0.2, 0.25) is 0 Å². The van der Waals surface area contributed by atoms with E-state index >= 15 is 0 Å². The summed E-state index contributed by atoms with van der Waals surface area (Å²) in [6.45, 7) is 4.56. The van der Waals surface area contributed by atoms with E-state index in [1.54, 1.807) is 11.0 Å². The van der Waals surface area contributed by atoms with Gasteiger partial charge in [0, 0.05) is 18.7 Å². The van der Waals surface area contributed by atoms with E-state index in [0.29, 0.717) is 6.04 Å². The molecule has 0 aliphatic heterocycles. The number of nitrogens with one attached hydrogen (secondary N) is 1. The summed E-state index contributed by atoms with van der Waals surface area (Å²) in [6, 6.07) is 8.97. The van der Waals surface area contributed by atoms with E-state index < -0.39 is 0 Å². The van der Waals surface area contributed by atoms with Gasteiger partial charge in [0.15, 0.2) is 0 Å². The topological polar surface area (TPSA) is 63.0 Å². The monoisotopic (exact) mass is 274 g/mol. The molecule has 0 unspecified atom stereocenters. The van der Waals surface area contributed by atoms with Crippen molar-refractivity contribution >= 4 is 0 Å². The third kappa shape index (κ3) is 3.88. The quantitative estimate of drug-likeness (QED) is 0.811. The zero-order valence-electron chi connectivity index (χ0n) is 12.0. The van der Waals surface area contributed by atoms with Crippen molar-refractivity contribution in [2.24, 2.45) is 0 Å². The summed E-state index contributed by atoms with van der Waals surface area (Å²) >= 11 is 0. The van der Waals surface area contributed by atoms with E-state index in [1.165, 1.54) is 11.9 Å². The van der Waals surface area contributed by atoms with Crippen LogP contribution in [0.4, 0.5) is 0 Å². The third-order valence-corrected chi connectivity index (χ3v) is 3.41. The van der Waals surface area contributed by atoms with Gasteiger partial charge in [0.2, 0.25) is 0 Å². The van der Waals surface area contributed by atoms with Crippen molar-refractivity contribution in [1.29, 1.82) is 0 Å². The van der Waals surface area contributed by atoms with Crippen LogP contribution >= 0.6 is 0 Å². The second-order valence-electron chi connectivity index (χ2n) is 5.09. The highest BCUT2D eigenvalue weighted by Crippen LogP contribution is 2.16. The first-order valence-electron chi connectivity index (χ1n) is 7.02. The average molecular weight is 274 g/mol. The highest BCUT2D eigenvalue weighted by molar-refractivity contribution is 5.34. The van der Waals surface area contributed by atoms with Gasteiger partial charge in [-0.1, -0.05) is 12.1 Å². The zero-order chi connectivity index (χ0) is 14.4. The highest BCUT2D eigenvalue weighted by atomic mass is 16.2. The molecule has 2 rings (SSSR count). The number of nitrogens with zero attached hydrogens (tertiary/aromatic N) is 3. The minimum atomic E-state index is 0.257. The Morgan fingerprint density at radius 2 is 2.00 bits per heavy atom. The molecule has 20 heavy (non-hydrogen) atoms. The predicted molar refractivity (Wildman–Crippen MR) is 78.7 cm³/mol. The van der Waals surface area contributed by atoms with Crippen molar-refractivity contribution in [2.45, 2.75) is 38.8 Å². The predicted octanol–water partition coefficient (Wildman–Crippen LogP) is 2.08. The van der Waals surface area contributed by atoms with Crippen molar-refractivity contribution < 1.29 is 5.11 Å². The molecule has 5 heteroatoms. The third-order valence-electron chi connectivity index (χ3n) is 3.41. The second-order valence-corrected chi connectivity index (χ2v) is 5.09. The Balaban J connectivity index is 1.95. The first-order chi connectivity index (χ1) is 9.70. The SMILES string of the molecule is C[C@H](CCCO)N[C@@H](C)c1ccc(-n2cncn2)cc1. The molecule has 1 aromatic carbocycles. The first-order valence-corrected chi connectivity index (χ1v) is 7.02. The van der Waals surface area contributed by atoms with Crippen LogP contribution < -0.4 is 5.32 Å². The second kappa shape index (κ2) is 7.17. The van der Waals surface area contributed by atoms with Gasteiger partial charge in [0.25, 0.3) is 0 Å². The van der Waals surface area contributed by atoms with E-state index in [-0.39, 0.29) is 12.6 Å². The smallest absolute Gasteiger partial charge is 0.138 e. The molecule has 1 aromatic heterocycles. The summed E-state index contributed by atoms with van der Waals surface area (Å²) in [5.41, 5.74) is 2.25. The molecule has 0 aliphatic carbocycles. The molecule has 2 aromatic rings. The van der Waals surface area contributed by atoms with Gasteiger partial charge in [-0.15, -0.1) is 0 Å². The zero-order valence-corrected chi connectivity index (χ0v) is 12.0. The number of benzene rings is 1. The number of hydrogen-bond acceptors (Lipinski definition) is 4. The number of rotatable bonds is 7. The Bertz CT molecular complexity index is 495. The molecule has 0 saturated heterocycles. The lowest BCUT2D eigenvalue weighted by Gasteiger charge is -2.20. The molecule has 0 saturated carbocycles. The van der Waals surface area contributed by atoms with Crippen LogP contribution in [0.25, 0.3) is 5.69 Å². The lowest BCUT2D eigenvalue weighted by atomic mass is 10.1. The maximum atomic E-state index is 8.85. The maximum Gasteiger partial charge on any atom is 0.138 e. The van der Waals surface area contributed by atoms with Gasteiger partial charge in [-0.05, 0) is 44.4 Å². The first kappa shape index (κ1) is 14.7. The summed E-state index contributed by atoms with van der Waals surface area (Å²) in [5, 5.41) is 16.5. The molecular weight excluding hydrogens is 252 g/mol. The molecule has 0 aliphatic rings. The van der Waals surface area contributed by atoms with Gasteiger partial charge in [-0.25, -0.2) is 9.67 Å². The van der Waals surface area contributed by atoms with E-state index in [0.717, 1.165) is 18.5 Å². The van der Waals surface area contributed by atoms with E-state index in [1.807, 2.05) is 12.1 Å². The Labute approximate surface area is 119 Å². The van der Waals surface area contributed by atoms with Crippen molar-refractivity contribution in [2.75, 3.05) is 6.61 Å². The van der Waals surface area contributed by atoms with Crippen LogP contribution in [0.5, 0.6) is 0 Å². The molecule has 2 atom stereocenters. The Kier molecular flexibility index (Phi) is 5.26. The van der Waals surface area contributed by atoms with E-state index in [9.17, 15) is 0 Å². The van der Waals surface area contributed by atoms with E-state index in [2.05, 4.69) is 41.4 Å². The molecule has 1 heterocycles. The van der Waals surface area contributed by atoms with Gasteiger partial charge in [0.1, 0.15) is 12.7 Å². The van der Waals surface area contributed by atoms with Gasteiger partial charge in [0.05, 0.1) is 5.69 Å². The summed E-state index contributed by atoms with van der Waals surface area (Å²) in [6.07, 6.45) is 5.04. The van der Waals surface area contributed by atoms with Gasteiger partial charge < -0.3 is 10.4 Å². The van der Waals surface area contributed by atoms with Crippen molar-refractivity contribution in [3.63, 3.8) is 0 Å². The molecule has 5 nitrogen and oxygen atoms in total. The molecule has 0 amide bonds. The fourth-order valence-electron chi connectivity index (χ4n) is 2.26. The fraction of sp³-hybridized carbons (Fsp3) is 0.467. The van der Waals surface area contributed by atoms with Crippen LogP contribution in [0.15, 0.2) is 36.9 Å². The fourth-order valence-corrected chi connectivity index (χ4v) is 2.26. The highest BCUT2D eigenvalue weighted by Gasteiger charge is 2.09. The number of aliphatic hydroxyl groups is 1. The molecule has 0 spiro atoms. The normalized spacial score (nSPS) is 14.2. The number of aromatic nitrogens is 3. The number of hydrogen-bond donors (Lipinski definition) is 2. The molecule has 0 radical (unpaired) electrons. The maximum absolute atomic E-state index is 8.85. The minimum absolute atomic E-state index is 0.257. The van der Waals surface area contributed by atoms with Gasteiger partial charge in [-0.3, -0.25) is 0 Å². The van der Waals surface area contributed by atoms with E-state index in [4.69, 9.17) is 5.11 Å². The standard InChI is InChI=1S/C15H22N4O/c1-12(4-3-9-20)18-13(2)14-5-7-15(8-6-14)19-11-16-10-17-19/h5-8,10-13,18,20H,3-4,9H2,1-2H3/t12-,13+/m1/s1. The van der Waals surface area contributed by atoms with Crippen LogP contribution in [-0.4, -0.2) is 32.5 Å². The minimum Gasteiger partial charge on any atom is -0.396 e. The van der Waals surface area contributed by atoms with Crippen LogP contribution in [-0.2, 0) is 0 Å². The van der Waals surface area contributed by atoms with Crippen LogP contribution in [0, 0.1) is 0 Å². The van der Waals surface area contributed by atoms with Crippen LogP contribution in [0.3, 0.4) is 0 Å². The lowest BCUT2D eigenvalue weighted by molar-refractivity contribution is 0.274. The summed E-state index contributed by atoms with van der Waals surface area (Å²) in [7, 11) is 0. The summed E-state index contributed by atoms with van der Waals surface area (Å²) in [5.74, 6) is 0. The molecule has 0 bridgehead atoms. The van der Waals surface area contributed by atoms with Crippen molar-refractivity contribution in [3.05, 3.63) is 42.5 Å². The van der Waals surface area contributed by atoms with Crippen molar-refractivity contribution in [1.82, 2.24) is 20.1 Å². The Hall–Kier alpha value is -1.72. The Morgan fingerprint density at radius 3 is 2.60 bits per heavy atom. The summed E-state index contributed by atoms with van der Waals surface area (Å²) in [4.78, 5) is 3.94. The van der Waals surface area contributed by atoms with Crippen molar-refractivity contribution in [3.8, 4) is 5.69 Å².